The molecule has 0 saturated carbocycles. The zero-order valence-electron chi connectivity index (χ0n) is 11.4. The number of benzene rings is 1. The van der Waals surface area contributed by atoms with Gasteiger partial charge in [0, 0.05) is 6.04 Å². The zero-order valence-corrected chi connectivity index (χ0v) is 11.4. The molecule has 2 unspecified atom stereocenters. The molecule has 2 atom stereocenters. The lowest BCUT2D eigenvalue weighted by Crippen LogP contribution is -2.50. The first-order valence-corrected chi connectivity index (χ1v) is 6.09. The number of nitrogens with one attached hydrogen (secondary N) is 1. The number of carboxylic acids is 1. The Morgan fingerprint density at radius 3 is 2.72 bits per heavy atom. The molecule has 0 aliphatic rings. The third-order valence-corrected chi connectivity index (χ3v) is 3.22. The Balaban J connectivity index is 3.13. The quantitative estimate of drug-likeness (QED) is 0.815. The summed E-state index contributed by atoms with van der Waals surface area (Å²) in [5.74, 6) is -0.234. The largest absolute Gasteiger partial charge is 0.497 e. The average molecular weight is 251 g/mol. The second kappa shape index (κ2) is 5.87. The van der Waals surface area contributed by atoms with Crippen LogP contribution in [-0.2, 0) is 10.3 Å². The summed E-state index contributed by atoms with van der Waals surface area (Å²) in [4.78, 5) is 11.6. The molecule has 0 aromatic heterocycles. The van der Waals surface area contributed by atoms with E-state index in [1.807, 2.05) is 13.8 Å². The SMILES string of the molecule is CCC(C)NC(C)(C(=O)O)c1cccc(OC)c1. The van der Waals surface area contributed by atoms with Gasteiger partial charge in [-0.25, -0.2) is 4.79 Å². The van der Waals surface area contributed by atoms with Gasteiger partial charge >= 0.3 is 5.97 Å². The predicted octanol–water partition coefficient (Wildman–Crippen LogP) is 2.38. The van der Waals surface area contributed by atoms with Crippen LogP contribution in [0.15, 0.2) is 24.3 Å². The van der Waals surface area contributed by atoms with Gasteiger partial charge in [-0.05, 0) is 38.0 Å². The summed E-state index contributed by atoms with van der Waals surface area (Å²) in [5.41, 5.74) is -0.418. The molecule has 0 amide bonds. The maximum absolute atomic E-state index is 11.6. The third-order valence-electron chi connectivity index (χ3n) is 3.22. The number of carbonyl (C=O) groups is 1. The highest BCUT2D eigenvalue weighted by Gasteiger charge is 2.36. The van der Waals surface area contributed by atoms with E-state index in [1.54, 1.807) is 38.3 Å². The molecule has 0 aliphatic heterocycles. The number of hydrogen-bond acceptors (Lipinski definition) is 3. The molecular formula is C14H21NO3. The van der Waals surface area contributed by atoms with Crippen molar-refractivity contribution in [1.82, 2.24) is 5.32 Å². The van der Waals surface area contributed by atoms with Crippen LogP contribution in [0, 0.1) is 0 Å². The van der Waals surface area contributed by atoms with Crippen LogP contribution < -0.4 is 10.1 Å². The third kappa shape index (κ3) is 3.01. The zero-order chi connectivity index (χ0) is 13.8. The van der Waals surface area contributed by atoms with Crippen LogP contribution in [0.1, 0.15) is 32.8 Å². The molecule has 0 radical (unpaired) electrons. The first kappa shape index (κ1) is 14.5. The molecule has 0 bridgehead atoms. The van der Waals surface area contributed by atoms with Crippen LogP contribution in [0.3, 0.4) is 0 Å². The molecule has 1 aromatic rings. The summed E-state index contributed by atoms with van der Waals surface area (Å²) >= 11 is 0. The van der Waals surface area contributed by atoms with Crippen molar-refractivity contribution in [2.45, 2.75) is 38.8 Å². The maximum Gasteiger partial charge on any atom is 0.328 e. The number of hydrogen-bond donors (Lipinski definition) is 2. The van der Waals surface area contributed by atoms with Crippen LogP contribution in [0.2, 0.25) is 0 Å². The van der Waals surface area contributed by atoms with Crippen LogP contribution >= 0.6 is 0 Å². The highest BCUT2D eigenvalue weighted by Crippen LogP contribution is 2.25. The fourth-order valence-electron chi connectivity index (χ4n) is 1.80. The van der Waals surface area contributed by atoms with Crippen molar-refractivity contribution in [3.63, 3.8) is 0 Å². The molecule has 1 aromatic carbocycles. The smallest absolute Gasteiger partial charge is 0.328 e. The van der Waals surface area contributed by atoms with Crippen LogP contribution in [0.4, 0.5) is 0 Å². The van der Waals surface area contributed by atoms with Gasteiger partial charge in [-0.15, -0.1) is 0 Å². The maximum atomic E-state index is 11.6. The number of methoxy groups -OCH3 is 1. The normalized spacial score (nSPS) is 15.8. The van der Waals surface area contributed by atoms with Gasteiger partial charge in [-0.2, -0.15) is 0 Å². The van der Waals surface area contributed by atoms with E-state index in [-0.39, 0.29) is 6.04 Å². The number of carboxylic acid groups (broad SMARTS) is 1. The first-order chi connectivity index (χ1) is 8.43. The van der Waals surface area contributed by atoms with Crippen LogP contribution in [0.5, 0.6) is 5.75 Å². The first-order valence-electron chi connectivity index (χ1n) is 6.09. The van der Waals surface area contributed by atoms with Gasteiger partial charge < -0.3 is 9.84 Å². The Hall–Kier alpha value is -1.55. The summed E-state index contributed by atoms with van der Waals surface area (Å²) in [6.45, 7) is 5.67. The molecule has 0 saturated heterocycles. The molecule has 2 N–H and O–H groups in total. The number of ether oxygens (including phenoxy) is 1. The molecule has 0 spiro atoms. The standard InChI is InChI=1S/C14H21NO3/c1-5-10(2)15-14(3,13(16)17)11-7-6-8-12(9-11)18-4/h6-10,15H,5H2,1-4H3,(H,16,17). The Kier molecular flexibility index (Phi) is 4.73. The van der Waals surface area contributed by atoms with Gasteiger partial charge in [-0.3, -0.25) is 5.32 Å². The number of aliphatic carboxylic acids is 1. The van der Waals surface area contributed by atoms with Gasteiger partial charge in [0.15, 0.2) is 0 Å². The molecule has 4 nitrogen and oxygen atoms in total. The lowest BCUT2D eigenvalue weighted by molar-refractivity contribution is -0.145. The Morgan fingerprint density at radius 2 is 2.22 bits per heavy atom. The minimum Gasteiger partial charge on any atom is -0.497 e. The molecule has 0 heterocycles. The molecule has 4 heteroatoms. The highest BCUT2D eigenvalue weighted by molar-refractivity contribution is 5.80. The molecule has 1 rings (SSSR count). The second-order valence-electron chi connectivity index (χ2n) is 4.62. The average Bonchev–Trinajstić information content (AvgIpc) is 2.38. The van der Waals surface area contributed by atoms with Crippen molar-refractivity contribution in [2.24, 2.45) is 0 Å². The van der Waals surface area contributed by atoms with Crippen LogP contribution in [0.25, 0.3) is 0 Å². The van der Waals surface area contributed by atoms with E-state index in [0.717, 1.165) is 6.42 Å². The van der Waals surface area contributed by atoms with Gasteiger partial charge in [0.1, 0.15) is 11.3 Å². The summed E-state index contributed by atoms with van der Waals surface area (Å²) in [7, 11) is 1.57. The van der Waals surface area contributed by atoms with E-state index in [0.29, 0.717) is 11.3 Å². The van der Waals surface area contributed by atoms with E-state index in [9.17, 15) is 9.90 Å². The van der Waals surface area contributed by atoms with Gasteiger partial charge in [-0.1, -0.05) is 19.1 Å². The summed E-state index contributed by atoms with van der Waals surface area (Å²) in [5, 5.41) is 12.6. The molecular weight excluding hydrogens is 230 g/mol. The van der Waals surface area contributed by atoms with Crippen molar-refractivity contribution in [3.05, 3.63) is 29.8 Å². The topological polar surface area (TPSA) is 58.6 Å². The van der Waals surface area contributed by atoms with E-state index >= 15 is 0 Å². The Morgan fingerprint density at radius 1 is 1.56 bits per heavy atom. The lowest BCUT2D eigenvalue weighted by Gasteiger charge is -2.30. The Labute approximate surface area is 108 Å². The van der Waals surface area contributed by atoms with Crippen molar-refractivity contribution >= 4 is 5.97 Å². The van der Waals surface area contributed by atoms with E-state index in [1.165, 1.54) is 0 Å². The van der Waals surface area contributed by atoms with Crippen LogP contribution in [-0.4, -0.2) is 24.2 Å². The molecule has 0 aliphatic carbocycles. The van der Waals surface area contributed by atoms with Crippen molar-refractivity contribution < 1.29 is 14.6 Å². The Bertz CT molecular complexity index is 419. The van der Waals surface area contributed by atoms with E-state index in [2.05, 4.69) is 5.32 Å². The molecule has 18 heavy (non-hydrogen) atoms. The van der Waals surface area contributed by atoms with E-state index < -0.39 is 11.5 Å². The molecule has 0 fully saturated rings. The summed E-state index contributed by atoms with van der Waals surface area (Å²) in [6.07, 6.45) is 0.868. The van der Waals surface area contributed by atoms with Gasteiger partial charge in [0.25, 0.3) is 0 Å². The second-order valence-corrected chi connectivity index (χ2v) is 4.62. The number of rotatable bonds is 6. The fraction of sp³-hybridized carbons (Fsp3) is 0.500. The van der Waals surface area contributed by atoms with Crippen molar-refractivity contribution in [3.8, 4) is 5.75 Å². The fourth-order valence-corrected chi connectivity index (χ4v) is 1.80. The van der Waals surface area contributed by atoms with E-state index in [4.69, 9.17) is 4.74 Å². The van der Waals surface area contributed by atoms with Crippen molar-refractivity contribution in [1.29, 1.82) is 0 Å². The molecule has 100 valence electrons. The highest BCUT2D eigenvalue weighted by atomic mass is 16.5. The summed E-state index contributed by atoms with van der Waals surface area (Å²) in [6, 6.07) is 7.27. The minimum absolute atomic E-state index is 0.123. The summed E-state index contributed by atoms with van der Waals surface area (Å²) < 4.78 is 5.14. The minimum atomic E-state index is -1.11. The van der Waals surface area contributed by atoms with Gasteiger partial charge in [0.2, 0.25) is 0 Å². The lowest BCUT2D eigenvalue weighted by atomic mass is 9.90. The van der Waals surface area contributed by atoms with Crippen molar-refractivity contribution in [2.75, 3.05) is 7.11 Å². The van der Waals surface area contributed by atoms with Gasteiger partial charge in [0.05, 0.1) is 7.11 Å². The predicted molar refractivity (Wildman–Crippen MR) is 70.9 cm³/mol. The monoisotopic (exact) mass is 251 g/mol.